The van der Waals surface area contributed by atoms with Gasteiger partial charge in [0.05, 0.1) is 23.8 Å². The first-order chi connectivity index (χ1) is 10.6. The van der Waals surface area contributed by atoms with Crippen LogP contribution < -0.4 is 17.0 Å². The lowest BCUT2D eigenvalue weighted by atomic mass is 10.1. The van der Waals surface area contributed by atoms with Crippen LogP contribution in [0.3, 0.4) is 0 Å². The van der Waals surface area contributed by atoms with E-state index in [9.17, 15) is 9.18 Å². The second kappa shape index (κ2) is 7.87. The fraction of sp³-hybridized carbons (Fsp3) is 0.286. The number of aromatic nitrogens is 2. The van der Waals surface area contributed by atoms with Gasteiger partial charge >= 0.3 is 0 Å². The molecule has 0 saturated heterocycles. The number of fused-ring (bicyclic) bond motifs is 1. The maximum atomic E-state index is 13.3. The molecule has 0 amide bonds. The fourth-order valence-corrected chi connectivity index (χ4v) is 1.91. The molecule has 0 saturated carbocycles. The standard InChI is InChI=1S/C12H13FN6O.C2H6/c1-16-10(17-5-14)4-9-11-7(12(20)19-18-9)2-6(13)3-8(11)15;1-2/h2-3,5H,4,15H2,1H3,(H,19,20)(H2,14,16,17);1-2H3. The Labute approximate surface area is 127 Å². The molecule has 0 unspecified atom stereocenters. The van der Waals surface area contributed by atoms with Gasteiger partial charge in [-0.2, -0.15) is 5.10 Å². The van der Waals surface area contributed by atoms with E-state index < -0.39 is 11.4 Å². The van der Waals surface area contributed by atoms with Crippen molar-refractivity contribution in [3.05, 3.63) is 34.0 Å². The van der Waals surface area contributed by atoms with Crippen LogP contribution in [-0.4, -0.2) is 29.4 Å². The highest BCUT2D eigenvalue weighted by molar-refractivity contribution is 5.98. The highest BCUT2D eigenvalue weighted by Gasteiger charge is 2.13. The van der Waals surface area contributed by atoms with E-state index in [-0.39, 0.29) is 17.5 Å². The molecule has 22 heavy (non-hydrogen) atoms. The van der Waals surface area contributed by atoms with Crippen molar-refractivity contribution in [3.63, 3.8) is 0 Å². The highest BCUT2D eigenvalue weighted by atomic mass is 19.1. The summed E-state index contributed by atoms with van der Waals surface area (Å²) in [5.74, 6) is -0.168. The van der Waals surface area contributed by atoms with Crippen molar-refractivity contribution < 1.29 is 4.39 Å². The van der Waals surface area contributed by atoms with E-state index in [1.54, 1.807) is 7.05 Å². The summed E-state index contributed by atoms with van der Waals surface area (Å²) in [6.45, 7) is 4.00. The number of nitrogens with zero attached hydrogens (tertiary/aromatic N) is 3. The molecule has 0 aliphatic heterocycles. The number of H-pyrrole nitrogens is 1. The quantitative estimate of drug-likeness (QED) is 0.438. The first-order valence-electron chi connectivity index (χ1n) is 6.73. The summed E-state index contributed by atoms with van der Waals surface area (Å²) in [6.07, 6.45) is 1.33. The zero-order chi connectivity index (χ0) is 16.7. The van der Waals surface area contributed by atoms with Crippen molar-refractivity contribution in [3.8, 4) is 0 Å². The topological polar surface area (TPSA) is 123 Å². The molecule has 7 nitrogen and oxygen atoms in total. The van der Waals surface area contributed by atoms with E-state index in [1.807, 2.05) is 13.8 Å². The Balaban J connectivity index is 0.00000116. The Morgan fingerprint density at radius 1 is 1.45 bits per heavy atom. The minimum atomic E-state index is -0.581. The average molecular weight is 306 g/mol. The number of rotatable bonds is 2. The molecule has 8 heteroatoms. The molecule has 0 bridgehead atoms. The number of benzene rings is 1. The summed E-state index contributed by atoms with van der Waals surface area (Å²) in [7, 11) is 1.55. The van der Waals surface area contributed by atoms with E-state index in [0.29, 0.717) is 16.9 Å². The molecular weight excluding hydrogens is 287 g/mol. The van der Waals surface area contributed by atoms with Crippen LogP contribution in [0.2, 0.25) is 0 Å². The Bertz CT molecular complexity index is 766. The SMILES string of the molecule is CC.CN=C(Cc1n[nH]c(=O)c2cc(F)cc(N)c12)N=CN. The highest BCUT2D eigenvalue weighted by Crippen LogP contribution is 2.22. The molecule has 0 aliphatic rings. The number of nitrogens with two attached hydrogens (primary N) is 2. The molecule has 0 aliphatic carbocycles. The molecule has 1 heterocycles. The number of aromatic amines is 1. The summed E-state index contributed by atoms with van der Waals surface area (Å²) in [5, 5.41) is 6.77. The lowest BCUT2D eigenvalue weighted by Crippen LogP contribution is -2.15. The summed E-state index contributed by atoms with van der Waals surface area (Å²) >= 11 is 0. The molecule has 0 fully saturated rings. The van der Waals surface area contributed by atoms with Gasteiger partial charge in [-0.15, -0.1) is 0 Å². The van der Waals surface area contributed by atoms with E-state index in [2.05, 4.69) is 20.2 Å². The first-order valence-corrected chi connectivity index (χ1v) is 6.73. The monoisotopic (exact) mass is 306 g/mol. The second-order valence-electron chi connectivity index (χ2n) is 4.01. The van der Waals surface area contributed by atoms with Crippen molar-refractivity contribution in [1.29, 1.82) is 0 Å². The molecule has 0 radical (unpaired) electrons. The third kappa shape index (κ3) is 3.66. The molecule has 2 aromatic rings. The third-order valence-electron chi connectivity index (χ3n) is 2.77. The number of nitrogen functional groups attached to an aromatic ring is 1. The number of hydrogen-bond donors (Lipinski definition) is 3. The minimum absolute atomic E-state index is 0.139. The number of hydrogen-bond acceptors (Lipinski definition) is 4. The van der Waals surface area contributed by atoms with Gasteiger partial charge in [-0.1, -0.05) is 13.8 Å². The van der Waals surface area contributed by atoms with E-state index in [0.717, 1.165) is 18.5 Å². The zero-order valence-corrected chi connectivity index (χ0v) is 12.7. The Morgan fingerprint density at radius 3 is 2.73 bits per heavy atom. The molecule has 0 atom stereocenters. The molecule has 118 valence electrons. The maximum Gasteiger partial charge on any atom is 0.272 e. The van der Waals surface area contributed by atoms with Gasteiger partial charge in [0.1, 0.15) is 11.7 Å². The van der Waals surface area contributed by atoms with Crippen LogP contribution >= 0.6 is 0 Å². The largest absolute Gasteiger partial charge is 0.398 e. The molecule has 5 N–H and O–H groups in total. The normalized spacial score (nSPS) is 11.5. The Kier molecular flexibility index (Phi) is 6.18. The van der Waals surface area contributed by atoms with Crippen LogP contribution in [-0.2, 0) is 6.42 Å². The molecule has 0 spiro atoms. The number of amidine groups is 1. The van der Waals surface area contributed by atoms with Crippen LogP contribution in [0.5, 0.6) is 0 Å². The van der Waals surface area contributed by atoms with Gasteiger partial charge in [0.25, 0.3) is 5.56 Å². The van der Waals surface area contributed by atoms with Gasteiger partial charge < -0.3 is 11.5 Å². The summed E-state index contributed by atoms with van der Waals surface area (Å²) in [6, 6.07) is 2.26. The predicted molar refractivity (Wildman–Crippen MR) is 87.8 cm³/mol. The maximum absolute atomic E-state index is 13.3. The van der Waals surface area contributed by atoms with Gasteiger partial charge in [-0.05, 0) is 12.1 Å². The Morgan fingerprint density at radius 2 is 2.14 bits per heavy atom. The Hall–Kier alpha value is -2.77. The lowest BCUT2D eigenvalue weighted by molar-refractivity contribution is 0.630. The predicted octanol–water partition coefficient (Wildman–Crippen LogP) is 1.23. The van der Waals surface area contributed by atoms with Crippen LogP contribution in [0, 0.1) is 5.82 Å². The number of aliphatic imine (C=N–C) groups is 2. The van der Waals surface area contributed by atoms with Gasteiger partial charge in [-0.3, -0.25) is 9.79 Å². The van der Waals surface area contributed by atoms with Crippen molar-refractivity contribution in [2.45, 2.75) is 20.3 Å². The van der Waals surface area contributed by atoms with Crippen LogP contribution in [0.15, 0.2) is 26.9 Å². The first kappa shape index (κ1) is 17.3. The number of anilines is 1. The molecule has 2 rings (SSSR count). The van der Waals surface area contributed by atoms with Gasteiger partial charge in [-0.25, -0.2) is 14.5 Å². The van der Waals surface area contributed by atoms with Gasteiger partial charge in [0, 0.05) is 18.1 Å². The van der Waals surface area contributed by atoms with Crippen molar-refractivity contribution >= 4 is 28.6 Å². The van der Waals surface area contributed by atoms with Crippen LogP contribution in [0.1, 0.15) is 19.5 Å². The number of halogens is 1. The van der Waals surface area contributed by atoms with Crippen molar-refractivity contribution in [1.82, 2.24) is 10.2 Å². The summed E-state index contributed by atoms with van der Waals surface area (Å²) < 4.78 is 13.3. The molecular formula is C14H19FN6O. The van der Waals surface area contributed by atoms with Crippen LogP contribution in [0.25, 0.3) is 10.8 Å². The molecule has 1 aromatic carbocycles. The fourth-order valence-electron chi connectivity index (χ4n) is 1.91. The van der Waals surface area contributed by atoms with E-state index in [4.69, 9.17) is 11.5 Å². The smallest absolute Gasteiger partial charge is 0.272 e. The van der Waals surface area contributed by atoms with Crippen LogP contribution in [0.4, 0.5) is 10.1 Å². The zero-order valence-electron chi connectivity index (χ0n) is 12.7. The van der Waals surface area contributed by atoms with Crippen molar-refractivity contribution in [2.75, 3.05) is 12.8 Å². The number of nitrogens with one attached hydrogen (secondary N) is 1. The van der Waals surface area contributed by atoms with E-state index >= 15 is 0 Å². The minimum Gasteiger partial charge on any atom is -0.398 e. The van der Waals surface area contributed by atoms with Gasteiger partial charge in [0.2, 0.25) is 0 Å². The van der Waals surface area contributed by atoms with Gasteiger partial charge in [0.15, 0.2) is 0 Å². The summed E-state index contributed by atoms with van der Waals surface area (Å²) in [4.78, 5) is 19.5. The summed E-state index contributed by atoms with van der Waals surface area (Å²) in [5.41, 5.74) is 11.1. The third-order valence-corrected chi connectivity index (χ3v) is 2.77. The molecule has 1 aromatic heterocycles. The lowest BCUT2D eigenvalue weighted by Gasteiger charge is -2.07. The van der Waals surface area contributed by atoms with E-state index in [1.165, 1.54) is 0 Å². The second-order valence-corrected chi connectivity index (χ2v) is 4.01. The average Bonchev–Trinajstić information content (AvgIpc) is 2.51. The van der Waals surface area contributed by atoms with Crippen molar-refractivity contribution in [2.24, 2.45) is 15.7 Å².